The molecule has 3 unspecified atom stereocenters. The Labute approximate surface area is 196 Å². The van der Waals surface area contributed by atoms with Gasteiger partial charge in [0.05, 0.1) is 25.0 Å². The maximum atomic E-state index is 13.1. The molecule has 4 N–H and O–H groups in total. The van der Waals surface area contributed by atoms with Gasteiger partial charge in [0.15, 0.2) is 0 Å². The lowest BCUT2D eigenvalue weighted by atomic mass is 9.92. The highest BCUT2D eigenvalue weighted by atomic mass is 33.1. The Balaban J connectivity index is 2.43. The lowest BCUT2D eigenvalue weighted by molar-refractivity contribution is -0.151. The Kier molecular flexibility index (Phi) is 10.9. The van der Waals surface area contributed by atoms with E-state index in [1.165, 1.54) is 17.7 Å². The van der Waals surface area contributed by atoms with Crippen molar-refractivity contribution >= 4 is 45.3 Å². The van der Waals surface area contributed by atoms with E-state index in [-0.39, 0.29) is 18.8 Å². The normalized spacial score (nSPS) is 33.3. The molecular weight excluding hydrogens is 454 g/mol. The molecular formula is C21H33N3O6S2. The van der Waals surface area contributed by atoms with Crippen molar-refractivity contribution in [3.8, 4) is 0 Å². The van der Waals surface area contributed by atoms with Crippen LogP contribution < -0.4 is 16.0 Å². The molecule has 2 heterocycles. The largest absolute Gasteiger partial charge is 0.457 e. The topological polar surface area (TPSA) is 134 Å². The zero-order valence-corrected chi connectivity index (χ0v) is 20.3. The van der Waals surface area contributed by atoms with Crippen molar-refractivity contribution in [1.82, 2.24) is 16.0 Å². The summed E-state index contributed by atoms with van der Waals surface area (Å²) in [5, 5.41) is 18.9. The van der Waals surface area contributed by atoms with Crippen molar-refractivity contribution in [1.29, 1.82) is 0 Å². The van der Waals surface area contributed by atoms with E-state index in [1.807, 2.05) is 19.9 Å². The van der Waals surface area contributed by atoms with Crippen LogP contribution in [-0.4, -0.2) is 70.6 Å². The van der Waals surface area contributed by atoms with Crippen LogP contribution in [0, 0.1) is 5.92 Å². The summed E-state index contributed by atoms with van der Waals surface area (Å²) in [6, 6.07) is -2.42. The number of rotatable bonds is 2. The lowest BCUT2D eigenvalue weighted by Crippen LogP contribution is -2.57. The fraction of sp³-hybridized carbons (Fsp3) is 0.714. The van der Waals surface area contributed by atoms with Crippen LogP contribution in [0.4, 0.5) is 0 Å². The fourth-order valence-electron chi connectivity index (χ4n) is 3.37. The summed E-state index contributed by atoms with van der Waals surface area (Å²) < 4.78 is 5.46. The molecule has 0 aliphatic carbocycles. The van der Waals surface area contributed by atoms with Crippen molar-refractivity contribution in [2.24, 2.45) is 5.92 Å². The van der Waals surface area contributed by atoms with Crippen LogP contribution in [0.15, 0.2) is 12.2 Å². The Morgan fingerprint density at radius 2 is 1.88 bits per heavy atom. The molecule has 180 valence electrons. The smallest absolute Gasteiger partial charge is 0.309 e. The van der Waals surface area contributed by atoms with Crippen LogP contribution in [-0.2, 0) is 23.9 Å². The van der Waals surface area contributed by atoms with E-state index in [1.54, 1.807) is 16.9 Å². The monoisotopic (exact) mass is 487 g/mol. The molecule has 11 heteroatoms. The van der Waals surface area contributed by atoms with Gasteiger partial charge in [-0.3, -0.25) is 19.2 Å². The van der Waals surface area contributed by atoms with E-state index in [2.05, 4.69) is 16.0 Å². The number of ether oxygens (including phenoxy) is 1. The molecule has 2 rings (SSSR count). The number of carbonyl (C=O) groups is 4. The molecule has 0 aromatic heterocycles. The van der Waals surface area contributed by atoms with E-state index < -0.39 is 54.0 Å². The molecule has 2 bridgehead atoms. The third-order valence-corrected chi connectivity index (χ3v) is 7.91. The van der Waals surface area contributed by atoms with Gasteiger partial charge in [0.25, 0.3) is 0 Å². The number of hydrogen-bond donors (Lipinski definition) is 4. The van der Waals surface area contributed by atoms with Gasteiger partial charge >= 0.3 is 5.97 Å². The van der Waals surface area contributed by atoms with E-state index in [4.69, 9.17) is 4.74 Å². The average molecular weight is 488 g/mol. The van der Waals surface area contributed by atoms with Gasteiger partial charge in [0.1, 0.15) is 18.2 Å². The molecule has 1 fully saturated rings. The van der Waals surface area contributed by atoms with Crippen LogP contribution in [0.3, 0.4) is 0 Å². The molecule has 32 heavy (non-hydrogen) atoms. The highest BCUT2D eigenvalue weighted by Gasteiger charge is 2.33. The summed E-state index contributed by atoms with van der Waals surface area (Å²) in [6.45, 7) is 5.33. The van der Waals surface area contributed by atoms with E-state index in [9.17, 15) is 24.3 Å². The van der Waals surface area contributed by atoms with E-state index >= 15 is 0 Å². The van der Waals surface area contributed by atoms with Gasteiger partial charge in [-0.15, -0.1) is 0 Å². The molecule has 0 spiro atoms. The molecule has 9 nitrogen and oxygen atoms in total. The van der Waals surface area contributed by atoms with Crippen molar-refractivity contribution in [3.63, 3.8) is 0 Å². The first-order valence-corrected chi connectivity index (χ1v) is 13.4. The van der Waals surface area contributed by atoms with Gasteiger partial charge in [-0.05, 0) is 25.3 Å². The van der Waals surface area contributed by atoms with Crippen LogP contribution in [0.5, 0.6) is 0 Å². The predicted octanol–water partition coefficient (Wildman–Crippen LogP) is 0.915. The molecule has 2 aliphatic rings. The summed E-state index contributed by atoms with van der Waals surface area (Å²) in [4.78, 5) is 50.7. The number of amides is 3. The first-order valence-electron chi connectivity index (χ1n) is 10.9. The minimum atomic E-state index is -1.17. The number of fused-ring (bicyclic) bond motifs is 7. The summed E-state index contributed by atoms with van der Waals surface area (Å²) in [5.41, 5.74) is 0. The Morgan fingerprint density at radius 3 is 2.59 bits per heavy atom. The second-order valence-electron chi connectivity index (χ2n) is 8.10. The minimum Gasteiger partial charge on any atom is -0.457 e. The highest BCUT2D eigenvalue weighted by Crippen LogP contribution is 2.24. The first-order chi connectivity index (χ1) is 15.2. The summed E-state index contributed by atoms with van der Waals surface area (Å²) in [5.74, 6) is -1.09. The van der Waals surface area contributed by atoms with Crippen molar-refractivity contribution in [2.75, 3.05) is 11.5 Å². The molecule has 0 radical (unpaired) electrons. The van der Waals surface area contributed by atoms with Gasteiger partial charge in [-0.1, -0.05) is 47.9 Å². The summed E-state index contributed by atoms with van der Waals surface area (Å²) >= 11 is 0. The number of aliphatic hydroxyl groups is 1. The fourth-order valence-corrected chi connectivity index (χ4v) is 5.52. The number of esters is 1. The second-order valence-corrected chi connectivity index (χ2v) is 10.7. The van der Waals surface area contributed by atoms with Crippen LogP contribution in [0.25, 0.3) is 0 Å². The molecule has 0 aromatic rings. The van der Waals surface area contributed by atoms with E-state index in [0.29, 0.717) is 18.6 Å². The third-order valence-electron chi connectivity index (χ3n) is 5.47. The SMILES string of the molecule is CCC(C)[C@@H]1NC(=O)C2CSSCC/C=C/C(CC(=O)N[C@@H](C)C(=O)N2)OC(=O)C[C@@H]1O. The van der Waals surface area contributed by atoms with Crippen LogP contribution in [0.2, 0.25) is 0 Å². The number of allylic oxidation sites excluding steroid dienone is 1. The average Bonchev–Trinajstić information content (AvgIpc) is 2.73. The van der Waals surface area contributed by atoms with Crippen molar-refractivity contribution < 1.29 is 29.0 Å². The van der Waals surface area contributed by atoms with Crippen LogP contribution in [0.1, 0.15) is 46.5 Å². The Bertz CT molecular complexity index is 720. The zero-order valence-electron chi connectivity index (χ0n) is 18.7. The van der Waals surface area contributed by atoms with E-state index in [0.717, 1.165) is 5.75 Å². The molecule has 3 amide bonds. The standard InChI is InChI=1S/C21H33N3O6S2/c1-4-12(2)19-16(25)10-18(27)30-14-7-5-6-8-31-32-11-15(21(29)24-19)23-20(28)13(3)22-17(26)9-14/h5,7,12-16,19,25H,4,6,8-11H2,1-3H3,(H,22,26)(H,23,28)(H,24,29)/b7-5+/t12?,13-,14?,15?,16-,19-/m0/s1. The maximum absolute atomic E-state index is 13.1. The highest BCUT2D eigenvalue weighted by molar-refractivity contribution is 8.76. The first kappa shape index (κ1) is 26.5. The number of carbonyl (C=O) groups excluding carboxylic acids is 4. The zero-order chi connectivity index (χ0) is 23.7. The second kappa shape index (κ2) is 13.1. The van der Waals surface area contributed by atoms with Gasteiger partial charge in [0.2, 0.25) is 17.7 Å². The molecule has 0 saturated carbocycles. The maximum Gasteiger partial charge on any atom is 0.309 e. The predicted molar refractivity (Wildman–Crippen MR) is 125 cm³/mol. The van der Waals surface area contributed by atoms with Gasteiger partial charge in [-0.2, -0.15) is 0 Å². The van der Waals surface area contributed by atoms with Gasteiger partial charge < -0.3 is 25.8 Å². The molecule has 0 aromatic carbocycles. The molecule has 6 atom stereocenters. The molecule has 1 saturated heterocycles. The quantitative estimate of drug-likeness (QED) is 0.257. The number of nitrogens with one attached hydrogen (secondary N) is 3. The number of aliphatic hydroxyl groups excluding tert-OH is 1. The Hall–Kier alpha value is -1.72. The minimum absolute atomic E-state index is 0.118. The van der Waals surface area contributed by atoms with Crippen molar-refractivity contribution in [2.45, 2.75) is 76.8 Å². The third kappa shape index (κ3) is 8.32. The van der Waals surface area contributed by atoms with Gasteiger partial charge in [-0.25, -0.2) is 0 Å². The number of hydrogen-bond acceptors (Lipinski definition) is 8. The lowest BCUT2D eigenvalue weighted by Gasteiger charge is -2.30. The van der Waals surface area contributed by atoms with Crippen LogP contribution >= 0.6 is 21.6 Å². The van der Waals surface area contributed by atoms with Gasteiger partial charge in [0, 0.05) is 11.5 Å². The van der Waals surface area contributed by atoms with Crippen molar-refractivity contribution in [3.05, 3.63) is 12.2 Å². The molecule has 2 aliphatic heterocycles. The Morgan fingerprint density at radius 1 is 1.12 bits per heavy atom. The summed E-state index contributed by atoms with van der Waals surface area (Å²) in [7, 11) is 3.03. The summed E-state index contributed by atoms with van der Waals surface area (Å²) in [6.07, 6.45) is 2.41.